The lowest BCUT2D eigenvalue weighted by molar-refractivity contribution is 0.193. The summed E-state index contributed by atoms with van der Waals surface area (Å²) in [4.78, 5) is 13.9. The maximum absolute atomic E-state index is 12.1. The first-order valence-corrected chi connectivity index (χ1v) is 6.97. The Morgan fingerprint density at radius 1 is 1.32 bits per heavy atom. The molecule has 0 radical (unpaired) electrons. The molecule has 3 nitrogen and oxygen atoms in total. The fourth-order valence-electron chi connectivity index (χ4n) is 1.61. The van der Waals surface area contributed by atoms with Gasteiger partial charge in [0.05, 0.1) is 0 Å². The molecule has 0 atom stereocenters. The minimum atomic E-state index is -0.0441. The molecule has 0 saturated heterocycles. The number of urea groups is 1. The van der Waals surface area contributed by atoms with Gasteiger partial charge in [-0.3, -0.25) is 0 Å². The van der Waals surface area contributed by atoms with Crippen LogP contribution in [0.3, 0.4) is 0 Å². The molecule has 0 fully saturated rings. The van der Waals surface area contributed by atoms with E-state index in [1.807, 2.05) is 31.2 Å². The standard InChI is InChI=1S/C15H23ClN2O/c1-5-18(14(19)17-11-15(2,3)4)10-12-8-6-7-9-13(12)16/h6-9H,5,10-11H2,1-4H3,(H,17,19). The van der Waals surface area contributed by atoms with E-state index in [1.165, 1.54) is 0 Å². The van der Waals surface area contributed by atoms with Crippen molar-refractivity contribution in [1.82, 2.24) is 10.2 Å². The number of hydrogen-bond acceptors (Lipinski definition) is 1. The van der Waals surface area contributed by atoms with Gasteiger partial charge in [0, 0.05) is 24.7 Å². The summed E-state index contributed by atoms with van der Waals surface area (Å²) in [6, 6.07) is 7.57. The van der Waals surface area contributed by atoms with E-state index >= 15 is 0 Å². The first kappa shape index (κ1) is 15.8. The van der Waals surface area contributed by atoms with E-state index in [9.17, 15) is 4.79 Å². The van der Waals surface area contributed by atoms with Crippen LogP contribution in [-0.2, 0) is 6.54 Å². The molecule has 0 aliphatic carbocycles. The molecule has 0 aromatic heterocycles. The Morgan fingerprint density at radius 2 is 1.95 bits per heavy atom. The van der Waals surface area contributed by atoms with Gasteiger partial charge >= 0.3 is 6.03 Å². The number of benzene rings is 1. The summed E-state index contributed by atoms with van der Waals surface area (Å²) in [6.45, 7) is 10.1. The number of halogens is 1. The van der Waals surface area contributed by atoms with E-state index in [0.717, 1.165) is 5.56 Å². The molecule has 0 aliphatic rings. The monoisotopic (exact) mass is 282 g/mol. The minimum Gasteiger partial charge on any atom is -0.337 e. The predicted molar refractivity (Wildman–Crippen MR) is 80.4 cm³/mol. The van der Waals surface area contributed by atoms with Gasteiger partial charge < -0.3 is 10.2 Å². The molecule has 19 heavy (non-hydrogen) atoms. The van der Waals surface area contributed by atoms with Gasteiger partial charge in [0.25, 0.3) is 0 Å². The normalized spacial score (nSPS) is 11.2. The summed E-state index contributed by atoms with van der Waals surface area (Å²) < 4.78 is 0. The molecule has 2 amide bonds. The summed E-state index contributed by atoms with van der Waals surface area (Å²) in [5.74, 6) is 0. The van der Waals surface area contributed by atoms with Crippen LogP contribution in [0.25, 0.3) is 0 Å². The molecule has 0 saturated carbocycles. The van der Waals surface area contributed by atoms with Gasteiger partial charge in [-0.15, -0.1) is 0 Å². The molecular formula is C15H23ClN2O. The van der Waals surface area contributed by atoms with Crippen LogP contribution in [0.5, 0.6) is 0 Å². The number of rotatable bonds is 4. The molecule has 0 heterocycles. The molecule has 0 aliphatic heterocycles. The van der Waals surface area contributed by atoms with Crippen LogP contribution < -0.4 is 5.32 Å². The van der Waals surface area contributed by atoms with Gasteiger partial charge in [0.1, 0.15) is 0 Å². The second-order valence-corrected chi connectivity index (χ2v) is 6.23. The largest absolute Gasteiger partial charge is 0.337 e. The van der Waals surface area contributed by atoms with Crippen LogP contribution in [0.4, 0.5) is 4.79 Å². The molecule has 4 heteroatoms. The fraction of sp³-hybridized carbons (Fsp3) is 0.533. The first-order valence-electron chi connectivity index (χ1n) is 6.59. The SMILES string of the molecule is CCN(Cc1ccccc1Cl)C(=O)NCC(C)(C)C. The second kappa shape index (κ2) is 6.80. The lowest BCUT2D eigenvalue weighted by Gasteiger charge is -2.25. The Bertz CT molecular complexity index is 426. The summed E-state index contributed by atoms with van der Waals surface area (Å²) in [5, 5.41) is 3.66. The fourth-order valence-corrected chi connectivity index (χ4v) is 1.81. The quantitative estimate of drug-likeness (QED) is 0.892. The Kier molecular flexibility index (Phi) is 5.67. The van der Waals surface area contributed by atoms with Crippen molar-refractivity contribution in [2.75, 3.05) is 13.1 Å². The topological polar surface area (TPSA) is 32.3 Å². The number of amides is 2. The zero-order valence-corrected chi connectivity index (χ0v) is 12.9. The average Bonchev–Trinajstić information content (AvgIpc) is 2.34. The van der Waals surface area contributed by atoms with E-state index in [4.69, 9.17) is 11.6 Å². The van der Waals surface area contributed by atoms with Gasteiger partial charge in [0.2, 0.25) is 0 Å². The molecule has 1 aromatic carbocycles. The maximum atomic E-state index is 12.1. The van der Waals surface area contributed by atoms with E-state index in [0.29, 0.717) is 24.7 Å². The average molecular weight is 283 g/mol. The third kappa shape index (κ3) is 5.52. The third-order valence-corrected chi connectivity index (χ3v) is 3.13. The first-order chi connectivity index (χ1) is 8.83. The lowest BCUT2D eigenvalue weighted by atomic mass is 9.97. The summed E-state index contributed by atoms with van der Waals surface area (Å²) in [6.07, 6.45) is 0. The van der Waals surface area contributed by atoms with Crippen molar-refractivity contribution >= 4 is 17.6 Å². The van der Waals surface area contributed by atoms with Crippen molar-refractivity contribution in [1.29, 1.82) is 0 Å². The van der Waals surface area contributed by atoms with Gasteiger partial charge in [-0.05, 0) is 24.0 Å². The Hall–Kier alpha value is -1.22. The maximum Gasteiger partial charge on any atom is 0.317 e. The number of nitrogens with one attached hydrogen (secondary N) is 1. The molecule has 0 unspecified atom stereocenters. The number of carbonyl (C=O) groups is 1. The molecule has 0 spiro atoms. The predicted octanol–water partition coefficient (Wildman–Crippen LogP) is 3.92. The summed E-state index contributed by atoms with van der Waals surface area (Å²) in [5.41, 5.74) is 1.05. The van der Waals surface area contributed by atoms with Gasteiger partial charge in [-0.1, -0.05) is 50.6 Å². The lowest BCUT2D eigenvalue weighted by Crippen LogP contribution is -2.42. The highest BCUT2D eigenvalue weighted by Gasteiger charge is 2.16. The van der Waals surface area contributed by atoms with Crippen molar-refractivity contribution in [3.05, 3.63) is 34.9 Å². The van der Waals surface area contributed by atoms with E-state index in [-0.39, 0.29) is 11.4 Å². The summed E-state index contributed by atoms with van der Waals surface area (Å²) in [7, 11) is 0. The number of nitrogens with zero attached hydrogens (tertiary/aromatic N) is 1. The Morgan fingerprint density at radius 3 is 2.47 bits per heavy atom. The highest BCUT2D eigenvalue weighted by Crippen LogP contribution is 2.17. The third-order valence-electron chi connectivity index (χ3n) is 2.76. The van der Waals surface area contributed by atoms with Gasteiger partial charge in [0.15, 0.2) is 0 Å². The molecule has 1 aromatic rings. The van der Waals surface area contributed by atoms with E-state index in [2.05, 4.69) is 26.1 Å². The Balaban J connectivity index is 2.63. The van der Waals surface area contributed by atoms with Crippen LogP contribution in [-0.4, -0.2) is 24.0 Å². The van der Waals surface area contributed by atoms with Gasteiger partial charge in [-0.2, -0.15) is 0 Å². The van der Waals surface area contributed by atoms with Crippen molar-refractivity contribution in [3.63, 3.8) is 0 Å². The van der Waals surface area contributed by atoms with E-state index in [1.54, 1.807) is 4.90 Å². The zero-order valence-electron chi connectivity index (χ0n) is 12.2. The van der Waals surface area contributed by atoms with Crippen LogP contribution in [0, 0.1) is 5.41 Å². The van der Waals surface area contributed by atoms with Crippen LogP contribution in [0.15, 0.2) is 24.3 Å². The smallest absolute Gasteiger partial charge is 0.317 e. The van der Waals surface area contributed by atoms with Crippen molar-refractivity contribution in [2.45, 2.75) is 34.2 Å². The Labute approximate surface area is 120 Å². The van der Waals surface area contributed by atoms with Crippen molar-refractivity contribution < 1.29 is 4.79 Å². The number of carbonyl (C=O) groups excluding carboxylic acids is 1. The second-order valence-electron chi connectivity index (χ2n) is 5.82. The van der Waals surface area contributed by atoms with Crippen LogP contribution in [0.1, 0.15) is 33.3 Å². The summed E-state index contributed by atoms with van der Waals surface area (Å²) >= 11 is 6.12. The van der Waals surface area contributed by atoms with Crippen molar-refractivity contribution in [3.8, 4) is 0 Å². The van der Waals surface area contributed by atoms with E-state index < -0.39 is 0 Å². The molecule has 0 bridgehead atoms. The van der Waals surface area contributed by atoms with Crippen LogP contribution in [0.2, 0.25) is 5.02 Å². The number of hydrogen-bond donors (Lipinski definition) is 1. The molecule has 1 rings (SSSR count). The molecule has 106 valence electrons. The highest BCUT2D eigenvalue weighted by molar-refractivity contribution is 6.31. The zero-order chi connectivity index (χ0) is 14.5. The highest BCUT2D eigenvalue weighted by atomic mass is 35.5. The molecule has 1 N–H and O–H groups in total. The van der Waals surface area contributed by atoms with Gasteiger partial charge in [-0.25, -0.2) is 4.79 Å². The van der Waals surface area contributed by atoms with Crippen LogP contribution >= 0.6 is 11.6 Å². The minimum absolute atomic E-state index is 0.0441. The molecular weight excluding hydrogens is 260 g/mol. The van der Waals surface area contributed by atoms with Crippen molar-refractivity contribution in [2.24, 2.45) is 5.41 Å².